The maximum atomic E-state index is 12.3. The number of benzene rings is 4. The van der Waals surface area contributed by atoms with Crippen LogP contribution in [-0.2, 0) is 33.8 Å². The first-order valence-electron chi connectivity index (χ1n) is 18.5. The minimum absolute atomic E-state index is 0.0514. The first-order valence-corrected chi connectivity index (χ1v) is 18.5. The van der Waals surface area contributed by atoms with E-state index in [1.165, 1.54) is 36.8 Å². The van der Waals surface area contributed by atoms with E-state index in [2.05, 4.69) is 83.0 Å². The lowest BCUT2D eigenvalue weighted by molar-refractivity contribution is 0.0738. The van der Waals surface area contributed by atoms with Crippen molar-refractivity contribution in [2.75, 3.05) is 26.3 Å². The molecule has 0 saturated carbocycles. The summed E-state index contributed by atoms with van der Waals surface area (Å²) in [5, 5.41) is 9.26. The molecular formula is C44H44N4O4. The van der Waals surface area contributed by atoms with Crippen molar-refractivity contribution in [1.29, 1.82) is 0 Å². The first-order chi connectivity index (χ1) is 25.3. The second-order valence-electron chi connectivity index (χ2n) is 15.1. The minimum atomic E-state index is 0.0514. The number of Topliss-reactive ketones (excluding diaryl/α,β-unsaturated/α-hetero) is 2. The van der Waals surface area contributed by atoms with Gasteiger partial charge in [0.2, 0.25) is 0 Å². The van der Waals surface area contributed by atoms with Gasteiger partial charge < -0.3 is 30.1 Å². The molecule has 10 rings (SSSR count). The quantitative estimate of drug-likeness (QED) is 0.148. The average Bonchev–Trinajstić information content (AvgIpc) is 3.94. The molecule has 0 unspecified atom stereocenters. The fourth-order valence-electron chi connectivity index (χ4n) is 8.82. The molecule has 2 saturated heterocycles. The highest BCUT2D eigenvalue weighted by Gasteiger charge is 2.31. The first kappa shape index (κ1) is 33.0. The molecule has 8 heteroatoms. The largest absolute Gasteiger partial charge is 0.369 e. The molecule has 264 valence electrons. The van der Waals surface area contributed by atoms with Gasteiger partial charge in [0.25, 0.3) is 0 Å². The summed E-state index contributed by atoms with van der Waals surface area (Å²) >= 11 is 0. The van der Waals surface area contributed by atoms with Crippen molar-refractivity contribution in [2.45, 2.75) is 63.8 Å². The number of carbonyl (C=O) groups excluding carboxylic acids is 2. The van der Waals surface area contributed by atoms with Crippen LogP contribution in [0.4, 0.5) is 0 Å². The number of aromatic nitrogens is 2. The molecule has 4 aliphatic rings. The van der Waals surface area contributed by atoms with E-state index in [-0.39, 0.29) is 35.9 Å². The summed E-state index contributed by atoms with van der Waals surface area (Å²) in [4.78, 5) is 31.7. The highest BCUT2D eigenvalue weighted by molar-refractivity contribution is 6.12. The number of hydrogen-bond acceptors (Lipinski definition) is 6. The van der Waals surface area contributed by atoms with Crippen LogP contribution in [0.15, 0.2) is 84.9 Å². The van der Waals surface area contributed by atoms with E-state index in [1.807, 2.05) is 36.4 Å². The van der Waals surface area contributed by atoms with Gasteiger partial charge in [0.05, 0.1) is 24.6 Å². The molecule has 4 aliphatic heterocycles. The van der Waals surface area contributed by atoms with Gasteiger partial charge in [-0.2, -0.15) is 0 Å². The van der Waals surface area contributed by atoms with Gasteiger partial charge in [-0.1, -0.05) is 72.8 Å². The van der Waals surface area contributed by atoms with E-state index < -0.39 is 0 Å². The topological polar surface area (TPSA) is 108 Å². The van der Waals surface area contributed by atoms with Crippen molar-refractivity contribution >= 4 is 33.4 Å². The molecule has 8 nitrogen and oxygen atoms in total. The van der Waals surface area contributed by atoms with E-state index in [0.29, 0.717) is 13.2 Å². The van der Waals surface area contributed by atoms with Crippen LogP contribution in [0.2, 0.25) is 0 Å². The van der Waals surface area contributed by atoms with Crippen LogP contribution in [0.5, 0.6) is 0 Å². The van der Waals surface area contributed by atoms with E-state index in [9.17, 15) is 9.59 Å². The Morgan fingerprint density at radius 3 is 1.35 bits per heavy atom. The van der Waals surface area contributed by atoms with E-state index in [0.717, 1.165) is 79.7 Å². The smallest absolute Gasteiger partial charge is 0.189 e. The van der Waals surface area contributed by atoms with E-state index >= 15 is 0 Å². The fraction of sp³-hybridized carbons (Fsp3) is 0.318. The maximum absolute atomic E-state index is 12.3. The van der Waals surface area contributed by atoms with Gasteiger partial charge in [-0.3, -0.25) is 9.59 Å². The number of ketones is 2. The van der Waals surface area contributed by atoms with Crippen molar-refractivity contribution in [2.24, 2.45) is 0 Å². The molecule has 6 aromatic rings. The second-order valence-corrected chi connectivity index (χ2v) is 15.1. The van der Waals surface area contributed by atoms with Gasteiger partial charge in [0.15, 0.2) is 11.6 Å². The summed E-state index contributed by atoms with van der Waals surface area (Å²) in [5.41, 5.74) is 12.9. The summed E-state index contributed by atoms with van der Waals surface area (Å²) in [6, 6.07) is 29.3. The molecule has 2 fully saturated rings. The van der Waals surface area contributed by atoms with Crippen molar-refractivity contribution in [3.8, 4) is 22.5 Å². The van der Waals surface area contributed by atoms with Crippen LogP contribution in [-0.4, -0.2) is 47.8 Å². The van der Waals surface area contributed by atoms with Crippen molar-refractivity contribution in [3.05, 3.63) is 118 Å². The van der Waals surface area contributed by atoms with Crippen molar-refractivity contribution in [1.82, 2.24) is 20.6 Å². The van der Waals surface area contributed by atoms with Gasteiger partial charge in [-0.05, 0) is 87.0 Å². The SMILES string of the molecule is C[C@@]1(c2ccc(-c3[nH]c4cccc5c4c3COCC5=O)cc2)CCCN1.C[C@]1(c2ccc(-c3[nH]c4cccc5c4c3COCC5=O)cc2)CCCN1. The number of hydrogen-bond donors (Lipinski definition) is 4. The highest BCUT2D eigenvalue weighted by Crippen LogP contribution is 2.38. The Bertz CT molecular complexity index is 2160. The van der Waals surface area contributed by atoms with Crippen LogP contribution in [0.3, 0.4) is 0 Å². The molecule has 4 N–H and O–H groups in total. The summed E-state index contributed by atoms with van der Waals surface area (Å²) < 4.78 is 11.3. The van der Waals surface area contributed by atoms with Crippen LogP contribution < -0.4 is 10.6 Å². The van der Waals surface area contributed by atoms with Crippen molar-refractivity contribution in [3.63, 3.8) is 0 Å². The molecule has 0 spiro atoms. The molecule has 52 heavy (non-hydrogen) atoms. The van der Waals surface area contributed by atoms with Crippen LogP contribution in [0.1, 0.15) is 82.5 Å². The standard InChI is InChI=1S/2C22H22N2O2/c2*1-22(10-3-11-23-22)15-8-6-14(7-9-15)21-17-12-26-13-19(25)16-4-2-5-18(24-21)20(16)17/h2*2,4-9,23-24H,3,10-13H2,1H3/t2*22-/m10/s1. The van der Waals surface area contributed by atoms with Crippen LogP contribution in [0.25, 0.3) is 44.3 Å². The number of carbonyl (C=O) groups is 2. The lowest BCUT2D eigenvalue weighted by Gasteiger charge is -2.25. The Morgan fingerprint density at radius 1 is 0.538 bits per heavy atom. The second kappa shape index (κ2) is 13.0. The third-order valence-electron chi connectivity index (χ3n) is 11.8. The molecule has 4 aromatic carbocycles. The third-order valence-corrected chi connectivity index (χ3v) is 11.8. The Labute approximate surface area is 303 Å². The molecule has 6 heterocycles. The predicted molar refractivity (Wildman–Crippen MR) is 205 cm³/mol. The van der Waals surface area contributed by atoms with Gasteiger partial charge in [-0.15, -0.1) is 0 Å². The molecular weight excluding hydrogens is 649 g/mol. The lowest BCUT2D eigenvalue weighted by atomic mass is 9.89. The number of H-pyrrole nitrogens is 2. The summed E-state index contributed by atoms with van der Waals surface area (Å²) in [7, 11) is 0. The molecule has 2 atom stereocenters. The Hall–Kier alpha value is -4.86. The van der Waals surface area contributed by atoms with Gasteiger partial charge >= 0.3 is 0 Å². The number of nitrogens with one attached hydrogen (secondary N) is 4. The van der Waals surface area contributed by atoms with Gasteiger partial charge in [-0.25, -0.2) is 0 Å². The summed E-state index contributed by atoms with van der Waals surface area (Å²) in [6.45, 7) is 7.93. The summed E-state index contributed by atoms with van der Waals surface area (Å²) in [6.07, 6.45) is 4.78. The summed E-state index contributed by atoms with van der Waals surface area (Å²) in [5.74, 6) is 0.103. The van der Waals surface area contributed by atoms with Gasteiger partial charge in [0, 0.05) is 55.1 Å². The zero-order valence-corrected chi connectivity index (χ0v) is 29.8. The number of rotatable bonds is 4. The highest BCUT2D eigenvalue weighted by atomic mass is 16.5. The normalized spacial score (nSPS) is 22.7. The zero-order valence-electron chi connectivity index (χ0n) is 29.8. The third kappa shape index (κ3) is 5.62. The lowest BCUT2D eigenvalue weighted by Crippen LogP contribution is -2.32. The Balaban J connectivity index is 0.000000138. The molecule has 0 aliphatic carbocycles. The fourth-order valence-corrected chi connectivity index (χ4v) is 8.82. The average molecular weight is 693 g/mol. The van der Waals surface area contributed by atoms with E-state index in [1.54, 1.807) is 0 Å². The number of aromatic amines is 2. The monoisotopic (exact) mass is 692 g/mol. The predicted octanol–water partition coefficient (Wildman–Crippen LogP) is 8.29. The van der Waals surface area contributed by atoms with Gasteiger partial charge in [0.1, 0.15) is 13.2 Å². The maximum Gasteiger partial charge on any atom is 0.189 e. The van der Waals surface area contributed by atoms with E-state index in [4.69, 9.17) is 9.47 Å². The molecule has 0 bridgehead atoms. The Kier molecular flexibility index (Phi) is 8.23. The Morgan fingerprint density at radius 2 is 0.962 bits per heavy atom. The van der Waals surface area contributed by atoms with Crippen LogP contribution in [0, 0.1) is 0 Å². The van der Waals surface area contributed by atoms with Crippen molar-refractivity contribution < 1.29 is 19.1 Å². The number of ether oxygens (including phenoxy) is 2. The zero-order chi connectivity index (χ0) is 35.5. The molecule has 0 amide bonds. The minimum Gasteiger partial charge on any atom is -0.369 e. The van der Waals surface area contributed by atoms with Crippen LogP contribution >= 0.6 is 0 Å². The molecule has 2 aromatic heterocycles. The molecule has 0 radical (unpaired) electrons.